The van der Waals surface area contributed by atoms with Crippen LogP contribution in [0.25, 0.3) is 0 Å². The van der Waals surface area contributed by atoms with E-state index in [1.807, 2.05) is 39.8 Å². The van der Waals surface area contributed by atoms with Crippen molar-refractivity contribution in [1.82, 2.24) is 0 Å². The van der Waals surface area contributed by atoms with Crippen LogP contribution in [0.4, 0.5) is 10.1 Å². The molecule has 1 heterocycles. The van der Waals surface area contributed by atoms with Crippen molar-refractivity contribution in [3.63, 3.8) is 0 Å². The fourth-order valence-electron chi connectivity index (χ4n) is 5.46. The SMILES string of the molecule is COc1ccc(F)cc1C(C)(CNc1ccc2c(c1)COC2=O)CC(C)(O)Cc1cc(C)cc(C)c1. The minimum absolute atomic E-state index is 0.253. The van der Waals surface area contributed by atoms with Crippen molar-refractivity contribution < 1.29 is 23.8 Å². The summed E-state index contributed by atoms with van der Waals surface area (Å²) in [6, 6.07) is 16.3. The summed E-state index contributed by atoms with van der Waals surface area (Å²) in [6.07, 6.45) is 0.813. The van der Waals surface area contributed by atoms with Crippen molar-refractivity contribution >= 4 is 11.7 Å². The number of halogens is 1. The lowest BCUT2D eigenvalue weighted by atomic mass is 9.72. The number of cyclic esters (lactones) is 1. The first-order valence-electron chi connectivity index (χ1n) is 12.2. The van der Waals surface area contributed by atoms with Crippen LogP contribution in [0.15, 0.2) is 54.6 Å². The summed E-state index contributed by atoms with van der Waals surface area (Å²) in [5.41, 5.74) is 4.49. The average Bonchev–Trinajstić information content (AvgIpc) is 3.16. The Kier molecular flexibility index (Phi) is 7.10. The highest BCUT2D eigenvalue weighted by Crippen LogP contribution is 2.40. The number of anilines is 1. The zero-order valence-electron chi connectivity index (χ0n) is 21.6. The van der Waals surface area contributed by atoms with Crippen LogP contribution < -0.4 is 10.1 Å². The van der Waals surface area contributed by atoms with Gasteiger partial charge in [0.05, 0.1) is 18.3 Å². The van der Waals surface area contributed by atoms with E-state index in [0.29, 0.717) is 36.3 Å². The second kappa shape index (κ2) is 9.94. The average molecular weight is 492 g/mol. The summed E-state index contributed by atoms with van der Waals surface area (Å²) < 4.78 is 25.2. The maximum Gasteiger partial charge on any atom is 0.338 e. The number of rotatable bonds is 9. The van der Waals surface area contributed by atoms with Gasteiger partial charge >= 0.3 is 5.97 Å². The first-order valence-corrected chi connectivity index (χ1v) is 12.2. The van der Waals surface area contributed by atoms with Crippen LogP contribution in [-0.4, -0.2) is 30.3 Å². The molecule has 1 aliphatic heterocycles. The quantitative estimate of drug-likeness (QED) is 0.366. The zero-order valence-corrected chi connectivity index (χ0v) is 21.6. The first-order chi connectivity index (χ1) is 17.0. The molecule has 2 atom stereocenters. The molecule has 0 saturated heterocycles. The van der Waals surface area contributed by atoms with E-state index in [-0.39, 0.29) is 18.4 Å². The minimum atomic E-state index is -1.08. The Morgan fingerprint density at radius 2 is 1.78 bits per heavy atom. The van der Waals surface area contributed by atoms with Crippen LogP contribution in [0.3, 0.4) is 0 Å². The fraction of sp³-hybridized carbons (Fsp3) is 0.367. The van der Waals surface area contributed by atoms with Gasteiger partial charge in [-0.05, 0) is 69.2 Å². The van der Waals surface area contributed by atoms with Crippen LogP contribution >= 0.6 is 0 Å². The van der Waals surface area contributed by atoms with Gasteiger partial charge in [-0.2, -0.15) is 0 Å². The standard InChI is InChI=1S/C30H34FNO4/c1-19-10-20(2)12-21(11-19)15-30(4,34)17-29(3,26-14-23(31)6-9-27(26)35-5)18-32-24-7-8-25-22(13-24)16-36-28(25)33/h6-14,32,34H,15-18H2,1-5H3. The molecule has 2 unspecified atom stereocenters. The summed E-state index contributed by atoms with van der Waals surface area (Å²) >= 11 is 0. The number of methoxy groups -OCH3 is 1. The molecule has 5 nitrogen and oxygen atoms in total. The van der Waals surface area contributed by atoms with E-state index in [2.05, 4.69) is 23.5 Å². The number of aliphatic hydroxyl groups is 1. The number of nitrogens with one attached hydrogen (secondary N) is 1. The van der Waals surface area contributed by atoms with Gasteiger partial charge in [0.2, 0.25) is 0 Å². The number of ether oxygens (including phenoxy) is 2. The van der Waals surface area contributed by atoms with Crippen molar-refractivity contribution in [2.45, 2.75) is 58.2 Å². The molecule has 2 N–H and O–H groups in total. The van der Waals surface area contributed by atoms with Gasteiger partial charge in [0.1, 0.15) is 18.2 Å². The van der Waals surface area contributed by atoms with Gasteiger partial charge in [-0.1, -0.05) is 36.2 Å². The summed E-state index contributed by atoms with van der Waals surface area (Å²) in [6.45, 7) is 8.59. The highest BCUT2D eigenvalue weighted by Gasteiger charge is 2.38. The van der Waals surface area contributed by atoms with E-state index in [9.17, 15) is 14.3 Å². The molecule has 0 amide bonds. The van der Waals surface area contributed by atoms with Gasteiger partial charge in [-0.25, -0.2) is 9.18 Å². The van der Waals surface area contributed by atoms with Crippen LogP contribution in [0.5, 0.6) is 5.75 Å². The Balaban J connectivity index is 1.65. The highest BCUT2D eigenvalue weighted by molar-refractivity contribution is 5.93. The third-order valence-corrected chi connectivity index (χ3v) is 6.82. The maximum absolute atomic E-state index is 14.4. The number of hydrogen-bond donors (Lipinski definition) is 2. The minimum Gasteiger partial charge on any atom is -0.496 e. The van der Waals surface area contributed by atoms with Crippen LogP contribution in [0, 0.1) is 19.7 Å². The van der Waals surface area contributed by atoms with Crippen LogP contribution in [0.2, 0.25) is 0 Å². The lowest BCUT2D eigenvalue weighted by Gasteiger charge is -2.38. The molecule has 0 spiro atoms. The number of fused-ring (bicyclic) bond motifs is 1. The van der Waals surface area contributed by atoms with Gasteiger partial charge in [0.15, 0.2) is 0 Å². The molecule has 3 aromatic carbocycles. The molecule has 6 heteroatoms. The molecule has 0 aromatic heterocycles. The van der Waals surface area contributed by atoms with Gasteiger partial charge in [-0.3, -0.25) is 0 Å². The zero-order chi connectivity index (χ0) is 26.1. The van der Waals surface area contributed by atoms with Crippen molar-refractivity contribution in [3.05, 3.63) is 93.8 Å². The molecular weight excluding hydrogens is 457 g/mol. The van der Waals surface area contributed by atoms with Crippen molar-refractivity contribution in [2.75, 3.05) is 19.0 Å². The molecule has 190 valence electrons. The van der Waals surface area contributed by atoms with Crippen molar-refractivity contribution in [1.29, 1.82) is 0 Å². The first kappa shape index (κ1) is 25.7. The molecule has 1 aliphatic rings. The Morgan fingerprint density at radius 1 is 1.06 bits per heavy atom. The van der Waals surface area contributed by atoms with Crippen LogP contribution in [-0.2, 0) is 23.2 Å². The largest absolute Gasteiger partial charge is 0.496 e. The number of carbonyl (C=O) groups excluding carboxylic acids is 1. The normalized spacial score (nSPS) is 16.0. The maximum atomic E-state index is 14.4. The topological polar surface area (TPSA) is 67.8 Å². The Morgan fingerprint density at radius 3 is 2.47 bits per heavy atom. The lowest BCUT2D eigenvalue weighted by molar-refractivity contribution is 0.0302. The lowest BCUT2D eigenvalue weighted by Crippen LogP contribution is -2.42. The number of benzene rings is 3. The highest BCUT2D eigenvalue weighted by atomic mass is 19.1. The third kappa shape index (κ3) is 5.71. The van der Waals surface area contributed by atoms with E-state index in [1.54, 1.807) is 19.2 Å². The van der Waals surface area contributed by atoms with E-state index in [1.165, 1.54) is 12.1 Å². The van der Waals surface area contributed by atoms with Crippen LogP contribution in [0.1, 0.15) is 58.4 Å². The van der Waals surface area contributed by atoms with Gasteiger partial charge in [-0.15, -0.1) is 0 Å². The molecule has 0 fully saturated rings. The monoisotopic (exact) mass is 491 g/mol. The van der Waals surface area contributed by atoms with Gasteiger partial charge in [0.25, 0.3) is 0 Å². The Labute approximate surface area is 212 Å². The predicted octanol–water partition coefficient (Wildman–Crippen LogP) is 5.88. The number of carbonyl (C=O) groups is 1. The molecule has 0 radical (unpaired) electrons. The summed E-state index contributed by atoms with van der Waals surface area (Å²) in [5.74, 6) is -0.108. The molecule has 0 saturated carbocycles. The van der Waals surface area contributed by atoms with E-state index >= 15 is 0 Å². The van der Waals surface area contributed by atoms with Crippen molar-refractivity contribution in [3.8, 4) is 5.75 Å². The number of esters is 1. The summed E-state index contributed by atoms with van der Waals surface area (Å²) in [5, 5.41) is 15.1. The molecule has 4 rings (SSSR count). The second-order valence-corrected chi connectivity index (χ2v) is 10.6. The summed E-state index contributed by atoms with van der Waals surface area (Å²) in [4.78, 5) is 11.8. The molecular formula is C30H34FNO4. The number of aryl methyl sites for hydroxylation is 2. The fourth-order valence-corrected chi connectivity index (χ4v) is 5.46. The molecule has 3 aromatic rings. The Bertz CT molecular complexity index is 1270. The second-order valence-electron chi connectivity index (χ2n) is 10.6. The van der Waals surface area contributed by atoms with Gasteiger partial charge < -0.3 is 19.9 Å². The number of hydrogen-bond acceptors (Lipinski definition) is 5. The summed E-state index contributed by atoms with van der Waals surface area (Å²) in [7, 11) is 1.57. The third-order valence-electron chi connectivity index (χ3n) is 6.82. The van der Waals surface area contributed by atoms with Crippen molar-refractivity contribution in [2.24, 2.45) is 0 Å². The Hall–Kier alpha value is -3.38. The van der Waals surface area contributed by atoms with E-state index in [4.69, 9.17) is 9.47 Å². The predicted molar refractivity (Wildman–Crippen MR) is 139 cm³/mol. The van der Waals surface area contributed by atoms with Gasteiger partial charge in [0, 0.05) is 35.2 Å². The van der Waals surface area contributed by atoms with E-state index < -0.39 is 11.0 Å². The van der Waals surface area contributed by atoms with E-state index in [0.717, 1.165) is 27.9 Å². The molecule has 36 heavy (non-hydrogen) atoms. The molecule has 0 aliphatic carbocycles. The smallest absolute Gasteiger partial charge is 0.338 e. The molecule has 0 bridgehead atoms.